The first-order valence-electron chi connectivity index (χ1n) is 5.88. The highest BCUT2D eigenvalue weighted by atomic mass is 16.2. The molecule has 0 bridgehead atoms. The minimum Gasteiger partial charge on any atom is -0.338 e. The lowest BCUT2D eigenvalue weighted by atomic mass is 9.92. The summed E-state index contributed by atoms with van der Waals surface area (Å²) in [5.41, 5.74) is 1.30. The molecule has 4 nitrogen and oxygen atoms in total. The summed E-state index contributed by atoms with van der Waals surface area (Å²) in [4.78, 5) is 15.4. The van der Waals surface area contributed by atoms with Crippen LogP contribution in [0.2, 0.25) is 0 Å². The number of carbonyl (C=O) groups excluding carboxylic acids is 1. The molecule has 0 aliphatic rings. The molecule has 0 saturated carbocycles. The molecule has 94 valence electrons. The Labute approximate surface area is 103 Å². The summed E-state index contributed by atoms with van der Waals surface area (Å²) in [5.74, 6) is 0. The van der Waals surface area contributed by atoms with Crippen molar-refractivity contribution in [1.82, 2.24) is 15.6 Å². The predicted molar refractivity (Wildman–Crippen MR) is 68.5 cm³/mol. The fraction of sp³-hybridized carbons (Fsp3) is 0.538. The van der Waals surface area contributed by atoms with E-state index in [-0.39, 0.29) is 11.4 Å². The van der Waals surface area contributed by atoms with Gasteiger partial charge in [0.25, 0.3) is 0 Å². The Morgan fingerprint density at radius 2 is 1.88 bits per heavy atom. The number of hydrogen-bond acceptors (Lipinski definition) is 2. The number of nitrogens with one attached hydrogen (secondary N) is 2. The lowest BCUT2D eigenvalue weighted by Crippen LogP contribution is -2.36. The second-order valence-electron chi connectivity index (χ2n) is 5.28. The maximum absolute atomic E-state index is 11.5. The first kappa shape index (κ1) is 13.5. The van der Waals surface area contributed by atoms with Crippen molar-refractivity contribution in [2.75, 3.05) is 6.54 Å². The number of hydrogen-bond donors (Lipinski definition) is 2. The van der Waals surface area contributed by atoms with Crippen molar-refractivity contribution >= 4 is 6.03 Å². The lowest BCUT2D eigenvalue weighted by molar-refractivity contribution is 0.238. The van der Waals surface area contributed by atoms with Crippen molar-refractivity contribution in [3.63, 3.8) is 0 Å². The van der Waals surface area contributed by atoms with E-state index in [0.29, 0.717) is 13.1 Å². The monoisotopic (exact) mass is 235 g/mol. The number of rotatable bonds is 4. The van der Waals surface area contributed by atoms with Crippen LogP contribution in [0.4, 0.5) is 4.79 Å². The van der Waals surface area contributed by atoms with Gasteiger partial charge in [-0.2, -0.15) is 0 Å². The van der Waals surface area contributed by atoms with E-state index in [4.69, 9.17) is 0 Å². The molecule has 1 aromatic rings. The molecule has 0 radical (unpaired) electrons. The van der Waals surface area contributed by atoms with Crippen molar-refractivity contribution in [3.8, 4) is 0 Å². The zero-order chi connectivity index (χ0) is 12.7. The molecule has 1 heterocycles. The van der Waals surface area contributed by atoms with E-state index in [9.17, 15) is 4.79 Å². The SMILES string of the molecule is CC(C)(C)CCNC(=O)NCc1ccncc1. The van der Waals surface area contributed by atoms with Crippen LogP contribution in [0.25, 0.3) is 0 Å². The van der Waals surface area contributed by atoms with E-state index < -0.39 is 0 Å². The number of nitrogens with zero attached hydrogens (tertiary/aromatic N) is 1. The summed E-state index contributed by atoms with van der Waals surface area (Å²) in [5, 5.41) is 5.65. The van der Waals surface area contributed by atoms with E-state index in [2.05, 4.69) is 36.4 Å². The number of urea groups is 1. The first-order chi connectivity index (χ1) is 7.97. The fourth-order valence-corrected chi connectivity index (χ4v) is 1.30. The van der Waals surface area contributed by atoms with Gasteiger partial charge in [-0.05, 0) is 29.5 Å². The third-order valence-electron chi connectivity index (χ3n) is 2.36. The van der Waals surface area contributed by atoms with E-state index in [1.807, 2.05) is 12.1 Å². The smallest absolute Gasteiger partial charge is 0.315 e. The third-order valence-corrected chi connectivity index (χ3v) is 2.36. The highest BCUT2D eigenvalue weighted by Crippen LogP contribution is 2.16. The third kappa shape index (κ3) is 6.56. The Bertz CT molecular complexity index is 343. The van der Waals surface area contributed by atoms with Crippen molar-refractivity contribution in [3.05, 3.63) is 30.1 Å². The molecule has 17 heavy (non-hydrogen) atoms. The van der Waals surface area contributed by atoms with Gasteiger partial charge in [0.1, 0.15) is 0 Å². The van der Waals surface area contributed by atoms with E-state index in [0.717, 1.165) is 12.0 Å². The van der Waals surface area contributed by atoms with Crippen LogP contribution in [0.3, 0.4) is 0 Å². The molecule has 0 aliphatic heterocycles. The van der Waals surface area contributed by atoms with Crippen LogP contribution in [0.5, 0.6) is 0 Å². The van der Waals surface area contributed by atoms with Gasteiger partial charge in [-0.3, -0.25) is 4.98 Å². The summed E-state index contributed by atoms with van der Waals surface area (Å²) < 4.78 is 0. The Hall–Kier alpha value is -1.58. The summed E-state index contributed by atoms with van der Waals surface area (Å²) in [6, 6.07) is 3.65. The van der Waals surface area contributed by atoms with E-state index in [1.165, 1.54) is 0 Å². The van der Waals surface area contributed by atoms with Gasteiger partial charge in [0.2, 0.25) is 0 Å². The Morgan fingerprint density at radius 1 is 1.24 bits per heavy atom. The Kier molecular flexibility index (Phi) is 4.94. The molecule has 2 N–H and O–H groups in total. The molecule has 0 atom stereocenters. The van der Waals surface area contributed by atoms with Gasteiger partial charge in [0.05, 0.1) is 0 Å². The standard InChI is InChI=1S/C13H21N3O/c1-13(2,3)6-9-15-12(17)16-10-11-4-7-14-8-5-11/h4-5,7-8H,6,9-10H2,1-3H3,(H2,15,16,17). The molecular formula is C13H21N3O. The van der Waals surface area contributed by atoms with Crippen LogP contribution in [0.15, 0.2) is 24.5 Å². The highest BCUT2D eigenvalue weighted by Gasteiger charge is 2.10. The summed E-state index contributed by atoms with van der Waals surface area (Å²) in [6.45, 7) is 7.70. The highest BCUT2D eigenvalue weighted by molar-refractivity contribution is 5.73. The van der Waals surface area contributed by atoms with Gasteiger partial charge < -0.3 is 10.6 Å². The van der Waals surface area contributed by atoms with Crippen LogP contribution in [-0.2, 0) is 6.54 Å². The van der Waals surface area contributed by atoms with E-state index >= 15 is 0 Å². The van der Waals surface area contributed by atoms with Gasteiger partial charge >= 0.3 is 6.03 Å². The Morgan fingerprint density at radius 3 is 2.47 bits per heavy atom. The fourth-order valence-electron chi connectivity index (χ4n) is 1.30. The summed E-state index contributed by atoms with van der Waals surface area (Å²) in [7, 11) is 0. The second-order valence-corrected chi connectivity index (χ2v) is 5.28. The minimum atomic E-state index is -0.119. The van der Waals surface area contributed by atoms with Gasteiger partial charge in [-0.1, -0.05) is 20.8 Å². The molecule has 0 saturated heterocycles. The Balaban J connectivity index is 2.18. The van der Waals surface area contributed by atoms with Crippen molar-refractivity contribution in [1.29, 1.82) is 0 Å². The van der Waals surface area contributed by atoms with Crippen LogP contribution in [0, 0.1) is 5.41 Å². The number of carbonyl (C=O) groups is 1. The van der Waals surface area contributed by atoms with Crippen molar-refractivity contribution < 1.29 is 4.79 Å². The maximum Gasteiger partial charge on any atom is 0.315 e. The van der Waals surface area contributed by atoms with Crippen molar-refractivity contribution in [2.45, 2.75) is 33.7 Å². The minimum absolute atomic E-state index is 0.119. The zero-order valence-corrected chi connectivity index (χ0v) is 10.8. The van der Waals surface area contributed by atoms with Gasteiger partial charge in [-0.25, -0.2) is 4.79 Å². The molecule has 0 spiro atoms. The first-order valence-corrected chi connectivity index (χ1v) is 5.88. The molecular weight excluding hydrogens is 214 g/mol. The molecule has 0 aliphatic carbocycles. The van der Waals surface area contributed by atoms with E-state index in [1.54, 1.807) is 12.4 Å². The average molecular weight is 235 g/mol. The quantitative estimate of drug-likeness (QED) is 0.841. The molecule has 4 heteroatoms. The molecule has 0 unspecified atom stereocenters. The lowest BCUT2D eigenvalue weighted by Gasteiger charge is -2.18. The molecule has 2 amide bonds. The van der Waals surface area contributed by atoms with Gasteiger partial charge in [0.15, 0.2) is 0 Å². The summed E-state index contributed by atoms with van der Waals surface area (Å²) >= 11 is 0. The largest absolute Gasteiger partial charge is 0.338 e. The number of aromatic nitrogens is 1. The van der Waals surface area contributed by atoms with Gasteiger partial charge in [-0.15, -0.1) is 0 Å². The van der Waals surface area contributed by atoms with Crippen LogP contribution < -0.4 is 10.6 Å². The molecule has 1 rings (SSSR count). The molecule has 0 aromatic carbocycles. The normalized spacial score (nSPS) is 11.0. The van der Waals surface area contributed by atoms with Gasteiger partial charge in [0, 0.05) is 25.5 Å². The second kappa shape index (κ2) is 6.23. The number of amides is 2. The number of pyridine rings is 1. The molecule has 0 fully saturated rings. The predicted octanol–water partition coefficient (Wildman–Crippen LogP) is 2.32. The zero-order valence-electron chi connectivity index (χ0n) is 10.8. The van der Waals surface area contributed by atoms with Crippen LogP contribution in [0.1, 0.15) is 32.8 Å². The molecule has 1 aromatic heterocycles. The topological polar surface area (TPSA) is 54.0 Å². The average Bonchev–Trinajstić information content (AvgIpc) is 2.26. The summed E-state index contributed by atoms with van der Waals surface area (Å²) in [6.07, 6.45) is 4.40. The van der Waals surface area contributed by atoms with Crippen LogP contribution >= 0.6 is 0 Å². The van der Waals surface area contributed by atoms with Crippen LogP contribution in [-0.4, -0.2) is 17.6 Å². The maximum atomic E-state index is 11.5. The van der Waals surface area contributed by atoms with Crippen molar-refractivity contribution in [2.24, 2.45) is 5.41 Å².